The normalized spacial score (nSPS) is 17.9. The van der Waals surface area contributed by atoms with Crippen molar-refractivity contribution in [1.82, 2.24) is 14.5 Å². The van der Waals surface area contributed by atoms with Crippen LogP contribution in [0, 0.1) is 0 Å². The van der Waals surface area contributed by atoms with E-state index in [0.29, 0.717) is 0 Å². The maximum absolute atomic E-state index is 5.08. The van der Waals surface area contributed by atoms with E-state index in [1.165, 1.54) is 42.6 Å². The smallest absolute Gasteiger partial charge is 0.142 e. The molecule has 0 radical (unpaired) electrons. The van der Waals surface area contributed by atoms with Gasteiger partial charge in [-0.1, -0.05) is 19.1 Å². The van der Waals surface area contributed by atoms with E-state index in [1.807, 2.05) is 0 Å². The van der Waals surface area contributed by atoms with Gasteiger partial charge < -0.3 is 19.3 Å². The van der Waals surface area contributed by atoms with Gasteiger partial charge in [0.05, 0.1) is 0 Å². The van der Waals surface area contributed by atoms with E-state index < -0.39 is 0 Å². The van der Waals surface area contributed by atoms with Gasteiger partial charge in [0.1, 0.15) is 11.5 Å². The molecule has 4 heterocycles. The molecule has 0 N–H and O–H groups in total. The van der Waals surface area contributed by atoms with Gasteiger partial charge in [0.15, 0.2) is 0 Å². The fraction of sp³-hybridized carbons (Fsp3) is 0.480. The van der Waals surface area contributed by atoms with Crippen molar-refractivity contribution in [1.29, 1.82) is 0 Å². The summed E-state index contributed by atoms with van der Waals surface area (Å²) in [4.78, 5) is 12.6. The fourth-order valence-corrected chi connectivity index (χ4v) is 4.83. The van der Waals surface area contributed by atoms with Crippen LogP contribution >= 0.6 is 0 Å². The lowest BCUT2D eigenvalue weighted by Gasteiger charge is -2.37. The minimum Gasteiger partial charge on any atom is -0.368 e. The largest absolute Gasteiger partial charge is 0.368 e. The fourth-order valence-electron chi connectivity index (χ4n) is 4.83. The lowest BCUT2D eigenvalue weighted by atomic mass is 10.1. The van der Waals surface area contributed by atoms with Gasteiger partial charge in [-0.3, -0.25) is 0 Å². The Morgan fingerprint density at radius 3 is 2.43 bits per heavy atom. The molecular weight excluding hydrogens is 370 g/mol. The molecule has 5 rings (SSSR count). The quantitative estimate of drug-likeness (QED) is 0.621. The van der Waals surface area contributed by atoms with Crippen molar-refractivity contribution in [3.8, 4) is 0 Å². The predicted octanol–water partition coefficient (Wildman–Crippen LogP) is 4.02. The van der Waals surface area contributed by atoms with E-state index in [2.05, 4.69) is 74.9 Å². The SMILES string of the molecule is CCc1cccc(N2CCN(c3ccc4ccn(CCN5CCCC5)c4n3)CC2)c1. The number of anilines is 2. The Morgan fingerprint density at radius 1 is 0.833 bits per heavy atom. The molecule has 2 aliphatic rings. The van der Waals surface area contributed by atoms with Gasteiger partial charge >= 0.3 is 0 Å². The molecule has 5 heteroatoms. The highest BCUT2D eigenvalue weighted by Gasteiger charge is 2.19. The molecule has 0 saturated carbocycles. The van der Waals surface area contributed by atoms with Crippen LogP contribution in [0.15, 0.2) is 48.7 Å². The molecule has 2 aromatic heterocycles. The first-order valence-corrected chi connectivity index (χ1v) is 11.6. The zero-order valence-electron chi connectivity index (χ0n) is 18.1. The van der Waals surface area contributed by atoms with Crippen LogP contribution in [0.1, 0.15) is 25.3 Å². The van der Waals surface area contributed by atoms with Crippen LogP contribution in [0.3, 0.4) is 0 Å². The second-order valence-corrected chi connectivity index (χ2v) is 8.64. The molecule has 1 aromatic carbocycles. The van der Waals surface area contributed by atoms with Gasteiger partial charge in [0.2, 0.25) is 0 Å². The molecule has 5 nitrogen and oxygen atoms in total. The standard InChI is InChI=1S/C25H33N5/c1-2-21-6-5-7-23(20-21)28-16-18-29(19-17-28)24-9-8-22-10-13-30(25(22)26-24)15-14-27-11-3-4-12-27/h5-10,13,20H,2-4,11-12,14-19H2,1H3. The van der Waals surface area contributed by atoms with E-state index in [9.17, 15) is 0 Å². The second kappa shape index (κ2) is 8.68. The molecule has 0 amide bonds. The molecule has 30 heavy (non-hydrogen) atoms. The number of aromatic nitrogens is 2. The summed E-state index contributed by atoms with van der Waals surface area (Å²) in [6.45, 7) is 11.0. The van der Waals surface area contributed by atoms with Crippen molar-refractivity contribution in [3.05, 3.63) is 54.2 Å². The monoisotopic (exact) mass is 403 g/mol. The topological polar surface area (TPSA) is 27.5 Å². The molecule has 3 aromatic rings. The molecule has 2 saturated heterocycles. The summed E-state index contributed by atoms with van der Waals surface area (Å²) in [6.07, 6.45) is 6.00. The molecular formula is C25H33N5. The van der Waals surface area contributed by atoms with Gasteiger partial charge in [-0.2, -0.15) is 0 Å². The van der Waals surface area contributed by atoms with Crippen LogP contribution in [0.5, 0.6) is 0 Å². The summed E-state index contributed by atoms with van der Waals surface area (Å²) in [7, 11) is 0. The van der Waals surface area contributed by atoms with Crippen molar-refractivity contribution in [2.75, 3.05) is 55.6 Å². The number of nitrogens with zero attached hydrogens (tertiary/aromatic N) is 5. The zero-order chi connectivity index (χ0) is 20.3. The summed E-state index contributed by atoms with van der Waals surface area (Å²) < 4.78 is 2.34. The number of fused-ring (bicyclic) bond motifs is 1. The predicted molar refractivity (Wildman–Crippen MR) is 126 cm³/mol. The summed E-state index contributed by atoms with van der Waals surface area (Å²) in [5.41, 5.74) is 3.90. The Hall–Kier alpha value is -2.53. The number of pyridine rings is 1. The molecule has 0 aliphatic carbocycles. The van der Waals surface area contributed by atoms with Gasteiger partial charge in [0, 0.05) is 56.5 Å². The Balaban J connectivity index is 1.26. The number of hydrogen-bond donors (Lipinski definition) is 0. The van der Waals surface area contributed by atoms with E-state index in [4.69, 9.17) is 4.98 Å². The van der Waals surface area contributed by atoms with Crippen LogP contribution in [0.25, 0.3) is 11.0 Å². The van der Waals surface area contributed by atoms with Crippen molar-refractivity contribution >= 4 is 22.5 Å². The Kier molecular flexibility index (Phi) is 5.63. The second-order valence-electron chi connectivity index (χ2n) is 8.64. The van der Waals surface area contributed by atoms with Crippen molar-refractivity contribution < 1.29 is 0 Å². The highest BCUT2D eigenvalue weighted by atomic mass is 15.3. The third-order valence-corrected chi connectivity index (χ3v) is 6.74. The Bertz CT molecular complexity index is 980. The lowest BCUT2D eigenvalue weighted by molar-refractivity contribution is 0.324. The number of hydrogen-bond acceptors (Lipinski definition) is 4. The number of rotatable bonds is 6. The minimum atomic E-state index is 1.02. The highest BCUT2D eigenvalue weighted by Crippen LogP contribution is 2.23. The number of likely N-dealkylation sites (tertiary alicyclic amines) is 1. The van der Waals surface area contributed by atoms with Gasteiger partial charge in [-0.25, -0.2) is 4.98 Å². The van der Waals surface area contributed by atoms with E-state index >= 15 is 0 Å². The average Bonchev–Trinajstić information content (AvgIpc) is 3.47. The Morgan fingerprint density at radius 2 is 1.63 bits per heavy atom. The first kappa shape index (κ1) is 19.4. The third kappa shape index (κ3) is 4.04. The van der Waals surface area contributed by atoms with E-state index in [-0.39, 0.29) is 0 Å². The molecule has 0 unspecified atom stereocenters. The average molecular weight is 404 g/mol. The maximum atomic E-state index is 5.08. The highest BCUT2D eigenvalue weighted by molar-refractivity contribution is 5.78. The van der Waals surface area contributed by atoms with Gasteiger partial charge in [0.25, 0.3) is 0 Å². The van der Waals surface area contributed by atoms with Gasteiger partial charge in [-0.15, -0.1) is 0 Å². The van der Waals surface area contributed by atoms with Crippen LogP contribution in [0.4, 0.5) is 11.5 Å². The van der Waals surface area contributed by atoms with Crippen LogP contribution in [0.2, 0.25) is 0 Å². The van der Waals surface area contributed by atoms with Crippen LogP contribution in [-0.2, 0) is 13.0 Å². The minimum absolute atomic E-state index is 1.02. The summed E-state index contributed by atoms with van der Waals surface area (Å²) in [5, 5.41) is 1.25. The molecule has 0 atom stereocenters. The summed E-state index contributed by atoms with van der Waals surface area (Å²) >= 11 is 0. The van der Waals surface area contributed by atoms with Crippen LogP contribution in [-0.4, -0.2) is 60.3 Å². The first-order valence-electron chi connectivity index (χ1n) is 11.6. The Labute approximate surface area is 179 Å². The molecule has 2 aliphatic heterocycles. The molecule has 0 spiro atoms. The maximum Gasteiger partial charge on any atom is 0.142 e. The number of aryl methyl sites for hydroxylation is 1. The van der Waals surface area contributed by atoms with Crippen molar-refractivity contribution in [2.24, 2.45) is 0 Å². The molecule has 0 bridgehead atoms. The van der Waals surface area contributed by atoms with E-state index in [0.717, 1.165) is 57.2 Å². The molecule has 2 fully saturated rings. The van der Waals surface area contributed by atoms with Crippen LogP contribution < -0.4 is 9.80 Å². The summed E-state index contributed by atoms with van der Waals surface area (Å²) in [6, 6.07) is 15.6. The van der Waals surface area contributed by atoms with Crippen molar-refractivity contribution in [2.45, 2.75) is 32.7 Å². The van der Waals surface area contributed by atoms with E-state index in [1.54, 1.807) is 0 Å². The van der Waals surface area contributed by atoms with Gasteiger partial charge in [-0.05, 0) is 68.2 Å². The third-order valence-electron chi connectivity index (χ3n) is 6.74. The summed E-state index contributed by atoms with van der Waals surface area (Å²) in [5.74, 6) is 1.12. The number of piperazine rings is 1. The molecule has 158 valence electrons. The first-order chi connectivity index (χ1) is 14.8. The number of benzene rings is 1. The zero-order valence-corrected chi connectivity index (χ0v) is 18.1. The lowest BCUT2D eigenvalue weighted by Crippen LogP contribution is -2.46. The van der Waals surface area contributed by atoms with Crippen molar-refractivity contribution in [3.63, 3.8) is 0 Å².